The number of aryl methyl sites for hydroxylation is 2. The lowest BCUT2D eigenvalue weighted by Crippen LogP contribution is -2.56. The Labute approximate surface area is 181 Å². The number of pyridine rings is 1. The maximum atomic E-state index is 12.8. The van der Waals surface area contributed by atoms with Crippen molar-refractivity contribution >= 4 is 24.5 Å². The highest BCUT2D eigenvalue weighted by molar-refractivity contribution is 5.96. The molecule has 0 bridgehead atoms. The van der Waals surface area contributed by atoms with Gasteiger partial charge < -0.3 is 16.0 Å². The van der Waals surface area contributed by atoms with Crippen molar-refractivity contribution in [1.82, 2.24) is 20.1 Å². The minimum absolute atomic E-state index is 0.157. The van der Waals surface area contributed by atoms with Gasteiger partial charge in [0.25, 0.3) is 5.91 Å². The van der Waals surface area contributed by atoms with Gasteiger partial charge in [-0.1, -0.05) is 12.1 Å². The molecule has 8 heteroatoms. The quantitative estimate of drug-likeness (QED) is 0.602. The predicted molar refractivity (Wildman–Crippen MR) is 123 cm³/mol. The van der Waals surface area contributed by atoms with E-state index in [0.717, 1.165) is 41.2 Å². The monoisotopic (exact) mass is 415 g/mol. The van der Waals surface area contributed by atoms with E-state index in [2.05, 4.69) is 27.1 Å². The van der Waals surface area contributed by atoms with Crippen molar-refractivity contribution in [3.63, 3.8) is 0 Å². The van der Waals surface area contributed by atoms with Gasteiger partial charge in [-0.3, -0.25) is 9.48 Å². The molecule has 1 fully saturated rings. The van der Waals surface area contributed by atoms with Crippen LogP contribution < -0.4 is 16.0 Å². The number of nitrogens with zero attached hydrogens (tertiary/aromatic N) is 5. The van der Waals surface area contributed by atoms with Crippen LogP contribution in [0.4, 0.5) is 5.82 Å². The molecule has 1 aromatic carbocycles. The van der Waals surface area contributed by atoms with Gasteiger partial charge in [-0.25, -0.2) is 9.98 Å². The first-order valence-corrected chi connectivity index (χ1v) is 9.99. The van der Waals surface area contributed by atoms with Gasteiger partial charge in [0.05, 0.1) is 6.20 Å². The second kappa shape index (κ2) is 8.53. The number of rotatable bonds is 6. The molecule has 0 spiro atoms. The number of carbonyl (C=O) groups excluding carboxylic acids is 1. The lowest BCUT2D eigenvalue weighted by molar-refractivity contribution is 0.0966. The number of anilines is 1. The first kappa shape index (κ1) is 20.5. The van der Waals surface area contributed by atoms with Crippen molar-refractivity contribution in [2.24, 2.45) is 17.8 Å². The first-order valence-electron chi connectivity index (χ1n) is 9.99. The largest absolute Gasteiger partial charge is 0.353 e. The van der Waals surface area contributed by atoms with Crippen LogP contribution in [0.1, 0.15) is 21.5 Å². The van der Waals surface area contributed by atoms with Crippen molar-refractivity contribution < 1.29 is 4.79 Å². The Morgan fingerprint density at radius 1 is 1.29 bits per heavy atom. The van der Waals surface area contributed by atoms with Crippen LogP contribution in [0.15, 0.2) is 59.7 Å². The van der Waals surface area contributed by atoms with E-state index in [1.807, 2.05) is 55.5 Å². The number of aromatic nitrogens is 3. The topological polar surface area (TPSA) is 101 Å². The van der Waals surface area contributed by atoms with E-state index in [-0.39, 0.29) is 11.9 Å². The smallest absolute Gasteiger partial charge is 0.257 e. The van der Waals surface area contributed by atoms with Crippen molar-refractivity contribution in [1.29, 1.82) is 0 Å². The molecule has 1 aliphatic rings. The molecule has 4 rings (SSSR count). The highest BCUT2D eigenvalue weighted by atomic mass is 16.1. The van der Waals surface area contributed by atoms with Gasteiger partial charge in [-0.2, -0.15) is 5.10 Å². The number of nitrogens with one attached hydrogen (secondary N) is 1. The van der Waals surface area contributed by atoms with Gasteiger partial charge in [-0.05, 0) is 54.6 Å². The van der Waals surface area contributed by atoms with Gasteiger partial charge >= 0.3 is 0 Å². The van der Waals surface area contributed by atoms with E-state index >= 15 is 0 Å². The van der Waals surface area contributed by atoms with Gasteiger partial charge in [-0.15, -0.1) is 0 Å². The minimum atomic E-state index is -0.270. The number of hydrogen-bond acceptors (Lipinski definition) is 6. The van der Waals surface area contributed by atoms with E-state index < -0.39 is 0 Å². The third kappa shape index (κ3) is 4.54. The van der Waals surface area contributed by atoms with Crippen LogP contribution in [0.25, 0.3) is 17.2 Å². The maximum Gasteiger partial charge on any atom is 0.257 e. The summed E-state index contributed by atoms with van der Waals surface area (Å²) in [5.41, 5.74) is 10.4. The van der Waals surface area contributed by atoms with Crippen molar-refractivity contribution in [3.8, 4) is 11.1 Å². The maximum absolute atomic E-state index is 12.8. The third-order valence-electron chi connectivity index (χ3n) is 5.26. The average Bonchev–Trinajstić information content (AvgIpc) is 3.18. The summed E-state index contributed by atoms with van der Waals surface area (Å²) < 4.78 is 1.76. The number of aliphatic imine (C=N–C) groups is 1. The number of carbonyl (C=O) groups is 1. The molecule has 3 heterocycles. The van der Waals surface area contributed by atoms with Crippen LogP contribution in [0.2, 0.25) is 0 Å². The van der Waals surface area contributed by atoms with E-state index in [9.17, 15) is 4.79 Å². The SMILES string of the molecule is C=N/C(=C\c1cc(-c2cnn(C)c2)ccc1C)NC(=O)c1ccnc(N2CC(N)C2)c1. The van der Waals surface area contributed by atoms with Crippen molar-refractivity contribution in [2.45, 2.75) is 13.0 Å². The molecule has 8 nitrogen and oxygen atoms in total. The summed E-state index contributed by atoms with van der Waals surface area (Å²) in [5, 5.41) is 7.07. The molecule has 0 saturated carbocycles. The summed E-state index contributed by atoms with van der Waals surface area (Å²) >= 11 is 0. The Morgan fingerprint density at radius 2 is 2.10 bits per heavy atom. The Bertz CT molecular complexity index is 1160. The first-order chi connectivity index (χ1) is 14.9. The molecule has 0 aliphatic carbocycles. The fourth-order valence-electron chi connectivity index (χ4n) is 3.44. The number of nitrogens with two attached hydrogens (primary N) is 1. The molecule has 1 aliphatic heterocycles. The summed E-state index contributed by atoms with van der Waals surface area (Å²) in [6.45, 7) is 7.10. The number of hydrogen-bond donors (Lipinski definition) is 2. The molecule has 3 aromatic rings. The summed E-state index contributed by atoms with van der Waals surface area (Å²) in [7, 11) is 1.88. The molecule has 0 atom stereocenters. The van der Waals surface area contributed by atoms with Crippen LogP contribution in [-0.4, -0.2) is 46.5 Å². The van der Waals surface area contributed by atoms with Crippen molar-refractivity contribution in [3.05, 3.63) is 71.4 Å². The molecule has 1 amide bonds. The molecular formula is C23H25N7O. The Hall–Kier alpha value is -3.78. The second-order valence-corrected chi connectivity index (χ2v) is 7.68. The van der Waals surface area contributed by atoms with Gasteiger partial charge in [0, 0.05) is 49.7 Å². The van der Waals surface area contributed by atoms with E-state index in [0.29, 0.717) is 11.4 Å². The van der Waals surface area contributed by atoms with Gasteiger partial charge in [0.15, 0.2) is 0 Å². The van der Waals surface area contributed by atoms with Crippen LogP contribution in [0, 0.1) is 6.92 Å². The minimum Gasteiger partial charge on any atom is -0.353 e. The highest BCUT2D eigenvalue weighted by Crippen LogP contribution is 2.24. The van der Waals surface area contributed by atoms with E-state index in [4.69, 9.17) is 5.73 Å². The van der Waals surface area contributed by atoms with Gasteiger partial charge in [0.2, 0.25) is 0 Å². The molecule has 1 saturated heterocycles. The Morgan fingerprint density at radius 3 is 2.77 bits per heavy atom. The fourth-order valence-corrected chi connectivity index (χ4v) is 3.44. The van der Waals surface area contributed by atoms with E-state index in [1.54, 1.807) is 23.0 Å². The lowest BCUT2D eigenvalue weighted by atomic mass is 10.0. The zero-order valence-electron chi connectivity index (χ0n) is 17.6. The summed E-state index contributed by atoms with van der Waals surface area (Å²) in [6.07, 6.45) is 7.22. The van der Waals surface area contributed by atoms with Crippen LogP contribution in [0.3, 0.4) is 0 Å². The molecule has 158 valence electrons. The van der Waals surface area contributed by atoms with Crippen LogP contribution >= 0.6 is 0 Å². The number of benzene rings is 1. The van der Waals surface area contributed by atoms with Crippen molar-refractivity contribution in [2.75, 3.05) is 18.0 Å². The lowest BCUT2D eigenvalue weighted by Gasteiger charge is -2.37. The molecular weight excluding hydrogens is 390 g/mol. The Balaban J connectivity index is 1.55. The summed E-state index contributed by atoms with van der Waals surface area (Å²) in [6, 6.07) is 9.71. The van der Waals surface area contributed by atoms with Crippen LogP contribution in [0.5, 0.6) is 0 Å². The average molecular weight is 416 g/mol. The normalized spacial score (nSPS) is 14.3. The highest BCUT2D eigenvalue weighted by Gasteiger charge is 2.24. The molecule has 0 radical (unpaired) electrons. The molecule has 31 heavy (non-hydrogen) atoms. The molecule has 0 unspecified atom stereocenters. The predicted octanol–water partition coefficient (Wildman–Crippen LogP) is 2.37. The summed E-state index contributed by atoms with van der Waals surface area (Å²) in [5.74, 6) is 0.848. The van der Waals surface area contributed by atoms with Crippen LogP contribution in [-0.2, 0) is 7.05 Å². The van der Waals surface area contributed by atoms with Gasteiger partial charge in [0.1, 0.15) is 11.6 Å². The second-order valence-electron chi connectivity index (χ2n) is 7.68. The third-order valence-corrected chi connectivity index (χ3v) is 5.26. The van der Waals surface area contributed by atoms with E-state index in [1.165, 1.54) is 0 Å². The molecule has 3 N–H and O–H groups in total. The zero-order valence-corrected chi connectivity index (χ0v) is 17.6. The standard InChI is InChI=1S/C23H25N7O/c1-15-4-5-16(19-11-27-29(3)12-19)8-18(15)9-21(25-2)28-23(31)17-6-7-26-22(10-17)30-13-20(24)14-30/h4-12,20H,2,13-14,24H2,1,3H3,(H,28,31)/b21-9+. The fraction of sp³-hybridized carbons (Fsp3) is 0.217. The Kier molecular flexibility index (Phi) is 5.64. The summed E-state index contributed by atoms with van der Waals surface area (Å²) in [4.78, 5) is 23.2. The number of amides is 1. The molecule has 2 aromatic heterocycles. The zero-order chi connectivity index (χ0) is 22.0.